The zero-order valence-corrected chi connectivity index (χ0v) is 14.2. The molecule has 1 aromatic carbocycles. The molecule has 8 heteroatoms. The van der Waals surface area contributed by atoms with Crippen LogP contribution in [-0.4, -0.2) is 56.6 Å². The summed E-state index contributed by atoms with van der Waals surface area (Å²) in [4.78, 5) is 26.9. The van der Waals surface area contributed by atoms with Crippen molar-refractivity contribution in [1.29, 1.82) is 0 Å². The number of nitro groups is 1. The van der Waals surface area contributed by atoms with Crippen LogP contribution in [-0.2, 0) is 17.9 Å². The molecule has 0 saturated carbocycles. The highest BCUT2D eigenvalue weighted by atomic mass is 16.6. The molecule has 2 aromatic rings. The van der Waals surface area contributed by atoms with Crippen LogP contribution in [0.2, 0.25) is 0 Å². The van der Waals surface area contributed by atoms with Gasteiger partial charge in [0, 0.05) is 32.7 Å². The molecular weight excluding hydrogens is 322 g/mol. The van der Waals surface area contributed by atoms with Crippen molar-refractivity contribution in [3.05, 3.63) is 57.9 Å². The van der Waals surface area contributed by atoms with E-state index in [9.17, 15) is 14.9 Å². The van der Waals surface area contributed by atoms with Gasteiger partial charge in [0.05, 0.1) is 4.92 Å². The van der Waals surface area contributed by atoms with Gasteiger partial charge in [-0.1, -0.05) is 30.3 Å². The number of aromatic nitrogens is 2. The molecule has 1 aromatic heterocycles. The number of hydrogen-bond donors (Lipinski definition) is 0. The zero-order valence-electron chi connectivity index (χ0n) is 14.2. The zero-order chi connectivity index (χ0) is 17.8. The lowest BCUT2D eigenvalue weighted by Gasteiger charge is -2.34. The molecule has 1 saturated heterocycles. The minimum absolute atomic E-state index is 0.0351. The molecule has 1 aliphatic heterocycles. The maximum Gasteiger partial charge on any atom is 0.309 e. The lowest BCUT2D eigenvalue weighted by molar-refractivity contribution is -0.385. The molecule has 0 aliphatic carbocycles. The van der Waals surface area contributed by atoms with Gasteiger partial charge in [-0.15, -0.1) is 0 Å². The molecule has 1 fully saturated rings. The molecule has 1 amide bonds. The Hall–Kier alpha value is -2.74. The smallest absolute Gasteiger partial charge is 0.309 e. The number of benzene rings is 1. The number of nitrogens with zero attached hydrogens (tertiary/aromatic N) is 5. The van der Waals surface area contributed by atoms with Crippen molar-refractivity contribution in [3.8, 4) is 0 Å². The second-order valence-electron chi connectivity index (χ2n) is 6.20. The summed E-state index contributed by atoms with van der Waals surface area (Å²) in [5.74, 6) is -0.0586. The minimum atomic E-state index is -0.480. The summed E-state index contributed by atoms with van der Waals surface area (Å²) in [6, 6.07) is 10.3. The van der Waals surface area contributed by atoms with Crippen LogP contribution in [0.5, 0.6) is 0 Å². The first kappa shape index (κ1) is 17.1. The summed E-state index contributed by atoms with van der Waals surface area (Å²) in [7, 11) is 0. The van der Waals surface area contributed by atoms with Crippen LogP contribution in [0.25, 0.3) is 0 Å². The third-order valence-electron chi connectivity index (χ3n) is 4.39. The number of amides is 1. The van der Waals surface area contributed by atoms with Crippen molar-refractivity contribution >= 4 is 11.6 Å². The molecule has 132 valence electrons. The average Bonchev–Trinajstić information content (AvgIpc) is 2.97. The number of piperazine rings is 1. The Morgan fingerprint density at radius 2 is 1.88 bits per heavy atom. The van der Waals surface area contributed by atoms with Crippen molar-refractivity contribution in [2.75, 3.05) is 26.2 Å². The van der Waals surface area contributed by atoms with Crippen molar-refractivity contribution in [3.63, 3.8) is 0 Å². The Morgan fingerprint density at radius 3 is 2.48 bits per heavy atom. The number of aryl methyl sites for hydroxylation is 1. The van der Waals surface area contributed by atoms with E-state index in [-0.39, 0.29) is 18.1 Å². The largest absolute Gasteiger partial charge is 0.339 e. The maximum atomic E-state index is 12.4. The van der Waals surface area contributed by atoms with Crippen LogP contribution in [0.1, 0.15) is 11.3 Å². The van der Waals surface area contributed by atoms with Gasteiger partial charge < -0.3 is 4.90 Å². The van der Waals surface area contributed by atoms with E-state index in [1.807, 2.05) is 18.2 Å². The summed E-state index contributed by atoms with van der Waals surface area (Å²) in [5.41, 5.74) is 1.53. The predicted octanol–water partition coefficient (Wildman–Crippen LogP) is 1.44. The van der Waals surface area contributed by atoms with Gasteiger partial charge in [0.1, 0.15) is 18.4 Å². The van der Waals surface area contributed by atoms with E-state index in [2.05, 4.69) is 22.1 Å². The van der Waals surface area contributed by atoms with Gasteiger partial charge in [-0.05, 0) is 12.5 Å². The van der Waals surface area contributed by atoms with Crippen LogP contribution in [0.3, 0.4) is 0 Å². The lowest BCUT2D eigenvalue weighted by Crippen LogP contribution is -2.49. The van der Waals surface area contributed by atoms with E-state index in [1.165, 1.54) is 16.4 Å². The van der Waals surface area contributed by atoms with E-state index in [0.29, 0.717) is 18.8 Å². The fraction of sp³-hybridized carbons (Fsp3) is 0.412. The molecule has 0 bridgehead atoms. The van der Waals surface area contributed by atoms with E-state index in [0.717, 1.165) is 19.6 Å². The second kappa shape index (κ2) is 7.43. The highest BCUT2D eigenvalue weighted by Gasteiger charge is 2.23. The summed E-state index contributed by atoms with van der Waals surface area (Å²) in [6.45, 7) is 5.45. The van der Waals surface area contributed by atoms with Crippen molar-refractivity contribution in [1.82, 2.24) is 19.6 Å². The second-order valence-corrected chi connectivity index (χ2v) is 6.20. The Bertz CT molecular complexity index is 751. The quantitative estimate of drug-likeness (QED) is 0.606. The molecule has 25 heavy (non-hydrogen) atoms. The van der Waals surface area contributed by atoms with Gasteiger partial charge in [-0.3, -0.25) is 24.5 Å². The summed E-state index contributed by atoms with van der Waals surface area (Å²) in [6.07, 6.45) is 1.32. The first-order valence-electron chi connectivity index (χ1n) is 8.25. The van der Waals surface area contributed by atoms with Crippen molar-refractivity contribution in [2.45, 2.75) is 20.0 Å². The minimum Gasteiger partial charge on any atom is -0.339 e. The fourth-order valence-electron chi connectivity index (χ4n) is 3.00. The summed E-state index contributed by atoms with van der Waals surface area (Å²) in [5, 5.41) is 14.9. The summed E-state index contributed by atoms with van der Waals surface area (Å²) < 4.78 is 1.35. The number of hydrogen-bond acceptors (Lipinski definition) is 5. The van der Waals surface area contributed by atoms with E-state index in [1.54, 1.807) is 11.8 Å². The van der Waals surface area contributed by atoms with Crippen molar-refractivity contribution < 1.29 is 9.72 Å². The molecule has 0 spiro atoms. The first-order chi connectivity index (χ1) is 12.0. The van der Waals surface area contributed by atoms with Crippen LogP contribution in [0.4, 0.5) is 5.69 Å². The maximum absolute atomic E-state index is 12.4. The SMILES string of the molecule is Cc1nn(CC(=O)N2CCN(Cc3ccccc3)CC2)cc1[N+](=O)[O-]. The van der Waals surface area contributed by atoms with Gasteiger partial charge in [-0.2, -0.15) is 5.10 Å². The highest BCUT2D eigenvalue weighted by Crippen LogP contribution is 2.15. The fourth-order valence-corrected chi connectivity index (χ4v) is 3.00. The number of carbonyl (C=O) groups is 1. The Labute approximate surface area is 145 Å². The normalized spacial score (nSPS) is 15.3. The van der Waals surface area contributed by atoms with Gasteiger partial charge >= 0.3 is 5.69 Å². The molecule has 0 atom stereocenters. The van der Waals surface area contributed by atoms with E-state index >= 15 is 0 Å². The molecule has 0 radical (unpaired) electrons. The molecular formula is C17H21N5O3. The molecule has 1 aliphatic rings. The van der Waals surface area contributed by atoms with Crippen molar-refractivity contribution in [2.24, 2.45) is 0 Å². The van der Waals surface area contributed by atoms with Crippen LogP contribution < -0.4 is 0 Å². The number of rotatable bonds is 5. The lowest BCUT2D eigenvalue weighted by atomic mass is 10.2. The van der Waals surface area contributed by atoms with Gasteiger partial charge in [0.15, 0.2) is 0 Å². The molecule has 0 unspecified atom stereocenters. The Morgan fingerprint density at radius 1 is 1.20 bits per heavy atom. The highest BCUT2D eigenvalue weighted by molar-refractivity contribution is 5.76. The molecule has 0 N–H and O–H groups in total. The summed E-state index contributed by atoms with van der Waals surface area (Å²) >= 11 is 0. The first-order valence-corrected chi connectivity index (χ1v) is 8.25. The van der Waals surface area contributed by atoms with Crippen LogP contribution >= 0.6 is 0 Å². The third-order valence-corrected chi connectivity index (χ3v) is 4.39. The predicted molar refractivity (Wildman–Crippen MR) is 91.9 cm³/mol. The Balaban J connectivity index is 1.51. The van der Waals surface area contributed by atoms with E-state index < -0.39 is 4.92 Å². The standard InChI is InChI=1S/C17H21N5O3/c1-14-16(22(24)25)12-21(18-14)13-17(23)20-9-7-19(8-10-20)11-15-5-3-2-4-6-15/h2-6,12H,7-11,13H2,1H3. The third kappa shape index (κ3) is 4.21. The number of carbonyl (C=O) groups excluding carboxylic acids is 1. The van der Waals surface area contributed by atoms with Gasteiger partial charge in [0.2, 0.25) is 5.91 Å². The van der Waals surface area contributed by atoms with Gasteiger partial charge in [-0.25, -0.2) is 0 Å². The average molecular weight is 343 g/mol. The monoisotopic (exact) mass is 343 g/mol. The van der Waals surface area contributed by atoms with Crippen LogP contribution in [0, 0.1) is 17.0 Å². The van der Waals surface area contributed by atoms with Gasteiger partial charge in [0.25, 0.3) is 0 Å². The van der Waals surface area contributed by atoms with Crippen LogP contribution in [0.15, 0.2) is 36.5 Å². The Kier molecular flexibility index (Phi) is 5.08. The molecule has 8 nitrogen and oxygen atoms in total. The molecule has 2 heterocycles. The topological polar surface area (TPSA) is 84.5 Å². The van der Waals surface area contributed by atoms with E-state index in [4.69, 9.17) is 0 Å². The molecule has 3 rings (SSSR count).